The molecule has 0 spiro atoms. The number of halogens is 1. The summed E-state index contributed by atoms with van der Waals surface area (Å²) in [5, 5.41) is 3.40. The second kappa shape index (κ2) is 12.3. The Morgan fingerprint density at radius 1 is 1.15 bits per heavy atom. The molecule has 148 valence electrons. The Morgan fingerprint density at radius 3 is 2.42 bits per heavy atom. The fourth-order valence-electron chi connectivity index (χ4n) is 3.41. The molecule has 1 fully saturated rings. The molecule has 1 atom stereocenters. The first kappa shape index (κ1) is 22.9. The molecule has 26 heavy (non-hydrogen) atoms. The molecular formula is C20H34IN3O2. The maximum Gasteiger partial charge on any atom is 0.188 e. The molecule has 0 bridgehead atoms. The van der Waals surface area contributed by atoms with Crippen molar-refractivity contribution in [3.63, 3.8) is 0 Å². The highest BCUT2D eigenvalue weighted by molar-refractivity contribution is 14.0. The minimum Gasteiger partial charge on any atom is -0.493 e. The van der Waals surface area contributed by atoms with E-state index in [9.17, 15) is 0 Å². The standard InChI is InChI=1S/C20H33N3O2.HI/c1-15(12-16-10-11-18(24-2)19(13-16)25-3)14-22-20(21)23-17-8-6-4-5-7-9-17;/h10-11,13,15,17H,4-9,12,14H2,1-3H3,(H3,21,22,23);1H. The van der Waals surface area contributed by atoms with Gasteiger partial charge in [-0.05, 0) is 42.9 Å². The molecule has 1 aromatic carbocycles. The molecule has 5 nitrogen and oxygen atoms in total. The van der Waals surface area contributed by atoms with Gasteiger partial charge in [0.15, 0.2) is 17.5 Å². The summed E-state index contributed by atoms with van der Waals surface area (Å²) in [6, 6.07) is 6.56. The summed E-state index contributed by atoms with van der Waals surface area (Å²) in [7, 11) is 3.31. The average Bonchev–Trinajstić information content (AvgIpc) is 2.88. The molecule has 1 unspecified atom stereocenters. The largest absolute Gasteiger partial charge is 0.493 e. The van der Waals surface area contributed by atoms with Gasteiger partial charge in [0.25, 0.3) is 0 Å². The van der Waals surface area contributed by atoms with Crippen molar-refractivity contribution < 1.29 is 9.47 Å². The highest BCUT2D eigenvalue weighted by Gasteiger charge is 2.13. The molecule has 1 saturated carbocycles. The number of methoxy groups -OCH3 is 2. The lowest BCUT2D eigenvalue weighted by atomic mass is 10.0. The Bertz CT molecular complexity index is 558. The summed E-state index contributed by atoms with van der Waals surface area (Å²) in [5.41, 5.74) is 7.30. The van der Waals surface area contributed by atoms with Crippen LogP contribution in [0.25, 0.3) is 0 Å². The van der Waals surface area contributed by atoms with Gasteiger partial charge < -0.3 is 20.5 Å². The smallest absolute Gasteiger partial charge is 0.188 e. The minimum atomic E-state index is 0. The van der Waals surface area contributed by atoms with Crippen molar-refractivity contribution in [2.75, 3.05) is 20.8 Å². The summed E-state index contributed by atoms with van der Waals surface area (Å²) < 4.78 is 10.7. The van der Waals surface area contributed by atoms with E-state index in [4.69, 9.17) is 15.2 Å². The molecule has 0 aromatic heterocycles. The molecule has 6 heteroatoms. The lowest BCUT2D eigenvalue weighted by Gasteiger charge is -2.17. The van der Waals surface area contributed by atoms with Crippen LogP contribution >= 0.6 is 24.0 Å². The second-order valence-electron chi connectivity index (χ2n) is 7.06. The minimum absolute atomic E-state index is 0. The van der Waals surface area contributed by atoms with E-state index in [2.05, 4.69) is 23.3 Å². The number of ether oxygens (including phenoxy) is 2. The van der Waals surface area contributed by atoms with Crippen molar-refractivity contribution in [1.82, 2.24) is 5.32 Å². The van der Waals surface area contributed by atoms with Gasteiger partial charge in [0.1, 0.15) is 0 Å². The van der Waals surface area contributed by atoms with Gasteiger partial charge in [-0.25, -0.2) is 0 Å². The molecule has 1 aliphatic rings. The van der Waals surface area contributed by atoms with Crippen LogP contribution < -0.4 is 20.5 Å². The Balaban J connectivity index is 0.00000338. The first-order valence-corrected chi connectivity index (χ1v) is 9.39. The molecule has 0 aliphatic heterocycles. The van der Waals surface area contributed by atoms with E-state index in [0.717, 1.165) is 24.5 Å². The van der Waals surface area contributed by atoms with Crippen molar-refractivity contribution in [3.8, 4) is 11.5 Å². The molecule has 0 radical (unpaired) electrons. The van der Waals surface area contributed by atoms with E-state index in [1.54, 1.807) is 14.2 Å². The fraction of sp³-hybridized carbons (Fsp3) is 0.650. The van der Waals surface area contributed by atoms with E-state index >= 15 is 0 Å². The third kappa shape index (κ3) is 7.60. The monoisotopic (exact) mass is 475 g/mol. The zero-order valence-electron chi connectivity index (χ0n) is 16.3. The number of guanidine groups is 1. The molecule has 0 amide bonds. The zero-order chi connectivity index (χ0) is 18.1. The van der Waals surface area contributed by atoms with Crippen molar-refractivity contribution in [2.45, 2.75) is 57.9 Å². The predicted octanol–water partition coefficient (Wildman–Crippen LogP) is 4.13. The van der Waals surface area contributed by atoms with Crippen LogP contribution in [0.15, 0.2) is 23.2 Å². The number of rotatable bonds is 7. The van der Waals surface area contributed by atoms with Crippen LogP contribution in [0.2, 0.25) is 0 Å². The van der Waals surface area contributed by atoms with Gasteiger partial charge in [-0.3, -0.25) is 4.99 Å². The van der Waals surface area contributed by atoms with Crippen molar-refractivity contribution in [2.24, 2.45) is 16.6 Å². The third-order valence-corrected chi connectivity index (χ3v) is 4.81. The molecular weight excluding hydrogens is 441 g/mol. The number of nitrogens with two attached hydrogens (primary N) is 1. The normalized spacial score (nSPS) is 17.0. The van der Waals surface area contributed by atoms with Gasteiger partial charge >= 0.3 is 0 Å². The maximum absolute atomic E-state index is 6.08. The summed E-state index contributed by atoms with van der Waals surface area (Å²) in [4.78, 5) is 4.55. The Hall–Kier alpha value is -1.18. The van der Waals surface area contributed by atoms with Gasteiger partial charge in [-0.15, -0.1) is 24.0 Å². The van der Waals surface area contributed by atoms with E-state index < -0.39 is 0 Å². The molecule has 1 aliphatic carbocycles. The van der Waals surface area contributed by atoms with Crippen LogP contribution in [-0.4, -0.2) is 32.8 Å². The summed E-state index contributed by atoms with van der Waals surface area (Å²) in [5.74, 6) is 2.53. The highest BCUT2D eigenvalue weighted by atomic mass is 127. The Morgan fingerprint density at radius 2 is 1.81 bits per heavy atom. The zero-order valence-corrected chi connectivity index (χ0v) is 18.6. The first-order chi connectivity index (χ1) is 12.1. The van der Waals surface area contributed by atoms with Gasteiger partial charge in [0, 0.05) is 12.6 Å². The Kier molecular flexibility index (Phi) is 10.8. The fourth-order valence-corrected chi connectivity index (χ4v) is 3.41. The van der Waals surface area contributed by atoms with Crippen LogP contribution in [0, 0.1) is 5.92 Å². The van der Waals surface area contributed by atoms with E-state index in [1.165, 1.54) is 44.1 Å². The lowest BCUT2D eigenvalue weighted by molar-refractivity contribution is 0.354. The van der Waals surface area contributed by atoms with Gasteiger partial charge in [0.05, 0.1) is 14.2 Å². The third-order valence-electron chi connectivity index (χ3n) is 4.81. The lowest BCUT2D eigenvalue weighted by Crippen LogP contribution is -2.40. The summed E-state index contributed by atoms with van der Waals surface area (Å²) in [6.07, 6.45) is 8.62. The first-order valence-electron chi connectivity index (χ1n) is 9.39. The molecule has 1 aromatic rings. The predicted molar refractivity (Wildman–Crippen MR) is 119 cm³/mol. The van der Waals surface area contributed by atoms with Crippen molar-refractivity contribution in [1.29, 1.82) is 0 Å². The second-order valence-corrected chi connectivity index (χ2v) is 7.06. The number of nitrogens with one attached hydrogen (secondary N) is 1. The van der Waals surface area contributed by atoms with Crippen molar-refractivity contribution >= 4 is 29.9 Å². The molecule has 3 N–H and O–H groups in total. The van der Waals surface area contributed by atoms with Crippen molar-refractivity contribution in [3.05, 3.63) is 23.8 Å². The summed E-state index contributed by atoms with van der Waals surface area (Å²) >= 11 is 0. The van der Waals surface area contributed by atoms with E-state index in [1.807, 2.05) is 12.1 Å². The Labute approximate surface area is 175 Å². The molecule has 2 rings (SSSR count). The number of aliphatic imine (C=N–C) groups is 1. The van der Waals surface area contributed by atoms with Gasteiger partial charge in [0.2, 0.25) is 0 Å². The van der Waals surface area contributed by atoms with Crippen LogP contribution in [0.3, 0.4) is 0 Å². The molecule has 0 saturated heterocycles. The van der Waals surface area contributed by atoms with E-state index in [-0.39, 0.29) is 24.0 Å². The van der Waals surface area contributed by atoms with Crippen LogP contribution in [-0.2, 0) is 6.42 Å². The van der Waals surface area contributed by atoms with Gasteiger partial charge in [-0.2, -0.15) is 0 Å². The van der Waals surface area contributed by atoms with E-state index in [0.29, 0.717) is 17.9 Å². The summed E-state index contributed by atoms with van der Waals surface area (Å²) in [6.45, 7) is 2.92. The number of benzene rings is 1. The number of hydrogen-bond donors (Lipinski definition) is 2. The molecule has 0 heterocycles. The number of nitrogens with zero attached hydrogens (tertiary/aromatic N) is 1. The van der Waals surface area contributed by atoms with Crippen LogP contribution in [0.4, 0.5) is 0 Å². The average molecular weight is 475 g/mol. The highest BCUT2D eigenvalue weighted by Crippen LogP contribution is 2.28. The topological polar surface area (TPSA) is 68.9 Å². The van der Waals surface area contributed by atoms with Crippen LogP contribution in [0.1, 0.15) is 51.0 Å². The quantitative estimate of drug-likeness (QED) is 0.269. The van der Waals surface area contributed by atoms with Crippen LogP contribution in [0.5, 0.6) is 11.5 Å². The van der Waals surface area contributed by atoms with Gasteiger partial charge in [-0.1, -0.05) is 38.7 Å². The number of hydrogen-bond acceptors (Lipinski definition) is 3. The SMILES string of the molecule is COc1ccc(CC(C)CN=C(N)NC2CCCCCC2)cc1OC.I. The maximum atomic E-state index is 6.08.